The molecule has 5 heterocycles. The van der Waals surface area contributed by atoms with Crippen LogP contribution in [0.2, 0.25) is 0 Å². The summed E-state index contributed by atoms with van der Waals surface area (Å²) in [6.45, 7) is 0. The first kappa shape index (κ1) is 21.7. The highest BCUT2D eigenvalue weighted by Gasteiger charge is 2.31. The molecular formula is C32H24N8. The van der Waals surface area contributed by atoms with Gasteiger partial charge in [0, 0.05) is 43.8 Å². The van der Waals surface area contributed by atoms with Crippen LogP contribution < -0.4 is 10.6 Å². The van der Waals surface area contributed by atoms with Gasteiger partial charge >= 0.3 is 0 Å². The molecule has 3 aliphatic heterocycles. The zero-order valence-electron chi connectivity index (χ0n) is 21.5. The standard InChI is InChI=1S/C32H24N8/c1-2-10-18-17(9-1)25-33-26(18)38-28-21-13-5-6-14-22(21)30(35-28)40-32-24-16-8-7-15-23(24)31(36-32)39-29-20-12-4-3-11-19(20)27(34-29)37-25/h1-4,6,8-12,14,16,33-34,37H,5,7,13,15H2,(H,35,36,38,39,40). The second kappa shape index (κ2) is 8.13. The van der Waals surface area contributed by atoms with E-state index in [1.54, 1.807) is 0 Å². The minimum atomic E-state index is 0.737. The van der Waals surface area contributed by atoms with Crippen LogP contribution in [0.3, 0.4) is 0 Å². The largest absolute Gasteiger partial charge is 0.327 e. The van der Waals surface area contributed by atoms with Crippen LogP contribution in [0.5, 0.6) is 0 Å². The van der Waals surface area contributed by atoms with E-state index in [4.69, 9.17) is 20.0 Å². The molecule has 0 unspecified atom stereocenters. The lowest BCUT2D eigenvalue weighted by molar-refractivity contribution is 0.995. The van der Waals surface area contributed by atoms with Gasteiger partial charge in [-0.05, 0) is 25.7 Å². The van der Waals surface area contributed by atoms with Crippen molar-refractivity contribution in [1.29, 1.82) is 0 Å². The van der Waals surface area contributed by atoms with Crippen LogP contribution in [0.15, 0.2) is 115 Å². The number of allylic oxidation sites excluding steroid dienone is 2. The normalized spacial score (nSPS) is 19.2. The Bertz CT molecular complexity index is 1900. The van der Waals surface area contributed by atoms with E-state index >= 15 is 0 Å². The highest BCUT2D eigenvalue weighted by molar-refractivity contribution is 6.31. The topological polar surface area (TPSA) is 105 Å². The molecule has 192 valence electrons. The third-order valence-electron chi connectivity index (χ3n) is 8.14. The molecule has 5 aliphatic rings. The van der Waals surface area contributed by atoms with Gasteiger partial charge in [0.15, 0.2) is 11.7 Å². The highest BCUT2D eigenvalue weighted by Crippen LogP contribution is 2.40. The van der Waals surface area contributed by atoms with Gasteiger partial charge in [-0.25, -0.2) is 20.0 Å². The Morgan fingerprint density at radius 3 is 1.50 bits per heavy atom. The number of fused-ring (bicyclic) bond motifs is 16. The molecule has 2 aromatic carbocycles. The summed E-state index contributed by atoms with van der Waals surface area (Å²) in [5, 5.41) is 11.4. The van der Waals surface area contributed by atoms with Gasteiger partial charge in [0.2, 0.25) is 0 Å². The van der Waals surface area contributed by atoms with Gasteiger partial charge in [0.25, 0.3) is 0 Å². The zero-order valence-corrected chi connectivity index (χ0v) is 21.5. The fourth-order valence-electron chi connectivity index (χ4n) is 6.22. The summed E-state index contributed by atoms with van der Waals surface area (Å²) in [4.78, 5) is 27.4. The smallest absolute Gasteiger partial charge is 0.160 e. The van der Waals surface area contributed by atoms with Crippen LogP contribution in [-0.2, 0) is 0 Å². The Labute approximate surface area is 229 Å². The quantitative estimate of drug-likeness (QED) is 0.197. The number of nitrogens with zero attached hydrogens (tertiary/aromatic N) is 4. The van der Waals surface area contributed by atoms with E-state index in [2.05, 4.69) is 69.2 Å². The number of benzene rings is 2. The molecule has 8 bridgehead atoms. The number of aliphatic imine (C=N–C) groups is 4. The van der Waals surface area contributed by atoms with Crippen LogP contribution >= 0.6 is 0 Å². The van der Waals surface area contributed by atoms with Crippen molar-refractivity contribution in [2.45, 2.75) is 25.7 Å². The minimum Gasteiger partial charge on any atom is -0.327 e. The number of hydrogen-bond donors (Lipinski definition) is 4. The zero-order chi connectivity index (χ0) is 26.2. The summed E-state index contributed by atoms with van der Waals surface area (Å²) in [5.74, 6) is 6.34. The van der Waals surface area contributed by atoms with Crippen molar-refractivity contribution in [2.75, 3.05) is 5.32 Å². The van der Waals surface area contributed by atoms with E-state index in [1.807, 2.05) is 24.3 Å². The van der Waals surface area contributed by atoms with E-state index in [1.165, 1.54) is 0 Å². The Morgan fingerprint density at radius 1 is 0.525 bits per heavy atom. The molecule has 0 radical (unpaired) electrons. The van der Waals surface area contributed by atoms with Crippen LogP contribution in [0.4, 0.5) is 23.3 Å². The Kier molecular flexibility index (Phi) is 4.40. The number of rotatable bonds is 0. The molecule has 0 spiro atoms. The van der Waals surface area contributed by atoms with Crippen molar-refractivity contribution in [2.24, 2.45) is 20.0 Å². The molecular weight excluding hydrogens is 496 g/mol. The average molecular weight is 521 g/mol. The summed E-state index contributed by atoms with van der Waals surface area (Å²) in [6, 6.07) is 16.6. The molecule has 4 aromatic rings. The van der Waals surface area contributed by atoms with Gasteiger partial charge in [-0.1, -0.05) is 72.8 Å². The first-order valence-corrected chi connectivity index (χ1v) is 13.7. The number of aromatic amines is 2. The lowest BCUT2D eigenvalue weighted by Gasteiger charge is -2.13. The molecule has 8 heteroatoms. The fourth-order valence-corrected chi connectivity index (χ4v) is 6.22. The third kappa shape index (κ3) is 3.13. The van der Waals surface area contributed by atoms with Gasteiger partial charge in [-0.2, -0.15) is 0 Å². The first-order chi connectivity index (χ1) is 19.8. The van der Waals surface area contributed by atoms with Crippen LogP contribution in [0.25, 0.3) is 21.5 Å². The molecule has 40 heavy (non-hydrogen) atoms. The summed E-state index contributed by atoms with van der Waals surface area (Å²) < 4.78 is 0. The van der Waals surface area contributed by atoms with Crippen LogP contribution in [-0.4, -0.2) is 33.3 Å². The predicted molar refractivity (Wildman–Crippen MR) is 163 cm³/mol. The maximum absolute atomic E-state index is 5.12. The minimum absolute atomic E-state index is 0.737. The average Bonchev–Trinajstić information content (AvgIpc) is 3.73. The van der Waals surface area contributed by atoms with E-state index in [0.717, 1.165) is 116 Å². The van der Waals surface area contributed by atoms with Crippen LogP contribution in [0, 0.1) is 0 Å². The maximum atomic E-state index is 5.12. The number of amidine groups is 4. The highest BCUT2D eigenvalue weighted by atomic mass is 15.2. The second-order valence-electron chi connectivity index (χ2n) is 10.5. The van der Waals surface area contributed by atoms with Crippen molar-refractivity contribution in [3.05, 3.63) is 95.1 Å². The van der Waals surface area contributed by atoms with Crippen molar-refractivity contribution in [1.82, 2.24) is 15.3 Å². The van der Waals surface area contributed by atoms with E-state index in [9.17, 15) is 0 Å². The third-order valence-corrected chi connectivity index (χ3v) is 8.14. The van der Waals surface area contributed by atoms with Crippen LogP contribution in [0.1, 0.15) is 25.7 Å². The Balaban J connectivity index is 1.33. The molecule has 0 saturated heterocycles. The molecule has 2 aromatic heterocycles. The molecule has 9 rings (SSSR count). The van der Waals surface area contributed by atoms with Crippen molar-refractivity contribution < 1.29 is 0 Å². The SMILES string of the molecule is C1=CC2=C(CC1)C1=Nc3[nH]c(c4ccccc34)Nc3[nH]c(c4ccccc34)N=C3N=C(NC2=N1)C1=C3CCC=C1. The Morgan fingerprint density at radius 2 is 1.00 bits per heavy atom. The van der Waals surface area contributed by atoms with Crippen molar-refractivity contribution in [3.63, 3.8) is 0 Å². The first-order valence-electron chi connectivity index (χ1n) is 13.7. The van der Waals surface area contributed by atoms with Gasteiger partial charge in [-0.15, -0.1) is 0 Å². The number of nitrogens with one attached hydrogen (secondary N) is 4. The number of aromatic nitrogens is 2. The monoisotopic (exact) mass is 520 g/mol. The van der Waals surface area contributed by atoms with E-state index < -0.39 is 0 Å². The number of hydrogen-bond acceptors (Lipinski definition) is 6. The fraction of sp³-hybridized carbons (Fsp3) is 0.125. The lowest BCUT2D eigenvalue weighted by Crippen LogP contribution is -2.31. The molecule has 0 amide bonds. The van der Waals surface area contributed by atoms with Gasteiger partial charge in [0.1, 0.15) is 34.9 Å². The molecule has 0 saturated carbocycles. The summed E-state index contributed by atoms with van der Waals surface area (Å²) in [5.41, 5.74) is 4.47. The second-order valence-corrected chi connectivity index (χ2v) is 10.5. The summed E-state index contributed by atoms with van der Waals surface area (Å²) in [6.07, 6.45) is 12.5. The molecule has 8 nitrogen and oxygen atoms in total. The number of anilines is 2. The van der Waals surface area contributed by atoms with Crippen molar-refractivity contribution in [3.8, 4) is 0 Å². The molecule has 0 atom stereocenters. The van der Waals surface area contributed by atoms with Gasteiger partial charge in [0.05, 0.1) is 0 Å². The predicted octanol–water partition coefficient (Wildman–Crippen LogP) is 7.17. The summed E-state index contributed by atoms with van der Waals surface area (Å²) >= 11 is 0. The Hall–Kier alpha value is -5.24. The molecule has 4 N–H and O–H groups in total. The van der Waals surface area contributed by atoms with Gasteiger partial charge < -0.3 is 20.6 Å². The maximum Gasteiger partial charge on any atom is 0.160 e. The number of H-pyrrole nitrogens is 2. The molecule has 2 aliphatic carbocycles. The van der Waals surface area contributed by atoms with Gasteiger partial charge in [-0.3, -0.25) is 0 Å². The van der Waals surface area contributed by atoms with E-state index in [0.29, 0.717) is 0 Å². The molecule has 0 fully saturated rings. The van der Waals surface area contributed by atoms with Crippen molar-refractivity contribution >= 4 is 68.2 Å². The summed E-state index contributed by atoms with van der Waals surface area (Å²) in [7, 11) is 0. The lowest BCUT2D eigenvalue weighted by atomic mass is 9.97. The van der Waals surface area contributed by atoms with E-state index in [-0.39, 0.29) is 0 Å².